The van der Waals surface area contributed by atoms with Crippen molar-refractivity contribution in [2.45, 2.75) is 6.92 Å². The van der Waals surface area contributed by atoms with E-state index < -0.39 is 0 Å². The highest BCUT2D eigenvalue weighted by molar-refractivity contribution is 6.27. The molecule has 0 unspecified atom stereocenters. The van der Waals surface area contributed by atoms with Crippen LogP contribution in [0.2, 0.25) is 0 Å². The Morgan fingerprint density at radius 3 is 2.61 bits per heavy atom. The van der Waals surface area contributed by atoms with Crippen molar-refractivity contribution in [2.24, 2.45) is 0 Å². The molecule has 0 saturated carbocycles. The summed E-state index contributed by atoms with van der Waals surface area (Å²) in [4.78, 5) is 13.4. The van der Waals surface area contributed by atoms with Crippen molar-refractivity contribution in [1.82, 2.24) is 4.90 Å². The number of methoxy groups -OCH3 is 1. The van der Waals surface area contributed by atoms with Gasteiger partial charge in [0.25, 0.3) is 0 Å². The van der Waals surface area contributed by atoms with Gasteiger partial charge in [0.1, 0.15) is 5.88 Å². The van der Waals surface area contributed by atoms with E-state index in [9.17, 15) is 4.79 Å². The van der Waals surface area contributed by atoms with Crippen molar-refractivity contribution in [2.75, 3.05) is 26.1 Å². The smallest absolute Gasteiger partial charge is 0.241 e. The molecule has 0 aliphatic heterocycles. The Kier molecular flexibility index (Phi) is 6.47. The molecule has 0 saturated heterocycles. The van der Waals surface area contributed by atoms with Gasteiger partial charge in [0.15, 0.2) is 0 Å². The number of ether oxygens (including phenoxy) is 1. The van der Waals surface area contributed by atoms with E-state index in [1.807, 2.05) is 43.3 Å². The lowest BCUT2D eigenvalue weighted by Crippen LogP contribution is -2.33. The van der Waals surface area contributed by atoms with Crippen LogP contribution in [-0.2, 0) is 9.53 Å². The fourth-order valence-electron chi connectivity index (χ4n) is 1.62. The van der Waals surface area contributed by atoms with Crippen LogP contribution in [0.5, 0.6) is 0 Å². The average Bonchev–Trinajstić information content (AvgIpc) is 2.40. The summed E-state index contributed by atoms with van der Waals surface area (Å²) in [5, 5.41) is 0. The Bertz CT molecular complexity index is 404. The molecule has 3 nitrogen and oxygen atoms in total. The Morgan fingerprint density at radius 1 is 1.39 bits per heavy atom. The van der Waals surface area contributed by atoms with Gasteiger partial charge in [-0.15, -0.1) is 11.6 Å². The summed E-state index contributed by atoms with van der Waals surface area (Å²) in [6.07, 6.45) is 1.96. The second-order valence-corrected chi connectivity index (χ2v) is 4.14. The maximum absolute atomic E-state index is 11.7. The van der Waals surface area contributed by atoms with E-state index >= 15 is 0 Å². The van der Waals surface area contributed by atoms with Crippen molar-refractivity contribution in [1.29, 1.82) is 0 Å². The second-order valence-electron chi connectivity index (χ2n) is 3.87. The first-order chi connectivity index (χ1) is 8.69. The van der Waals surface area contributed by atoms with Gasteiger partial charge in [-0.2, -0.15) is 0 Å². The molecule has 0 aliphatic carbocycles. The van der Waals surface area contributed by atoms with Gasteiger partial charge in [-0.25, -0.2) is 0 Å². The van der Waals surface area contributed by atoms with Crippen molar-refractivity contribution in [3.8, 4) is 0 Å². The van der Waals surface area contributed by atoms with Crippen LogP contribution in [-0.4, -0.2) is 36.9 Å². The molecule has 0 heterocycles. The molecule has 1 aromatic rings. The topological polar surface area (TPSA) is 29.5 Å². The Balaban J connectivity index is 2.84. The number of halogens is 1. The first kappa shape index (κ1) is 14.7. The number of allylic oxidation sites excluding steroid dienone is 1. The minimum Gasteiger partial charge on any atom is -0.383 e. The van der Waals surface area contributed by atoms with Crippen LogP contribution in [0, 0.1) is 0 Å². The van der Waals surface area contributed by atoms with E-state index in [0.717, 1.165) is 11.3 Å². The second kappa shape index (κ2) is 7.90. The SMILES string of the molecule is COCCN(C(=O)CCl)/C(C)=C/c1ccccc1. The molecule has 4 heteroatoms. The zero-order valence-corrected chi connectivity index (χ0v) is 11.5. The van der Waals surface area contributed by atoms with E-state index in [1.165, 1.54) is 0 Å². The third-order valence-corrected chi connectivity index (χ3v) is 2.76. The van der Waals surface area contributed by atoms with E-state index in [4.69, 9.17) is 16.3 Å². The first-order valence-corrected chi connectivity index (χ1v) is 6.31. The fraction of sp³-hybridized carbons (Fsp3) is 0.357. The highest BCUT2D eigenvalue weighted by Crippen LogP contribution is 2.11. The van der Waals surface area contributed by atoms with Crippen molar-refractivity contribution in [3.05, 3.63) is 41.6 Å². The Labute approximate surface area is 113 Å². The van der Waals surface area contributed by atoms with Gasteiger partial charge in [0, 0.05) is 19.4 Å². The number of carbonyl (C=O) groups excluding carboxylic acids is 1. The lowest BCUT2D eigenvalue weighted by atomic mass is 10.2. The van der Waals surface area contributed by atoms with Crippen LogP contribution in [0.25, 0.3) is 6.08 Å². The lowest BCUT2D eigenvalue weighted by Gasteiger charge is -2.22. The zero-order valence-electron chi connectivity index (χ0n) is 10.7. The van der Waals surface area contributed by atoms with Gasteiger partial charge in [0.2, 0.25) is 5.91 Å². The van der Waals surface area contributed by atoms with Crippen LogP contribution >= 0.6 is 11.6 Å². The van der Waals surface area contributed by atoms with Crippen LogP contribution in [0.15, 0.2) is 36.0 Å². The zero-order chi connectivity index (χ0) is 13.4. The molecule has 0 fully saturated rings. The predicted octanol–water partition coefficient (Wildman–Crippen LogP) is 2.76. The van der Waals surface area contributed by atoms with Gasteiger partial charge in [-0.05, 0) is 18.6 Å². The Morgan fingerprint density at radius 2 is 2.06 bits per heavy atom. The van der Waals surface area contributed by atoms with Crippen molar-refractivity contribution >= 4 is 23.6 Å². The monoisotopic (exact) mass is 267 g/mol. The number of benzene rings is 1. The lowest BCUT2D eigenvalue weighted by molar-refractivity contribution is -0.127. The normalized spacial score (nSPS) is 11.4. The molecule has 1 rings (SSSR count). The molecule has 0 spiro atoms. The maximum Gasteiger partial charge on any atom is 0.241 e. The number of hydrogen-bond donors (Lipinski definition) is 0. The molecule has 0 atom stereocenters. The molecule has 1 amide bonds. The summed E-state index contributed by atoms with van der Waals surface area (Å²) in [6.45, 7) is 2.90. The number of rotatable bonds is 6. The molecule has 18 heavy (non-hydrogen) atoms. The van der Waals surface area contributed by atoms with Crippen LogP contribution in [0.4, 0.5) is 0 Å². The number of alkyl halides is 1. The Hall–Kier alpha value is -1.32. The summed E-state index contributed by atoms with van der Waals surface area (Å²) in [5.74, 6) is -0.137. The third-order valence-electron chi connectivity index (χ3n) is 2.54. The average molecular weight is 268 g/mol. The van der Waals surface area contributed by atoms with E-state index in [1.54, 1.807) is 12.0 Å². The minimum atomic E-state index is -0.113. The van der Waals surface area contributed by atoms with Gasteiger partial charge >= 0.3 is 0 Å². The molecule has 0 radical (unpaired) electrons. The highest BCUT2D eigenvalue weighted by Gasteiger charge is 2.13. The molecular formula is C14H18ClNO2. The van der Waals surface area contributed by atoms with Crippen molar-refractivity contribution < 1.29 is 9.53 Å². The summed E-state index contributed by atoms with van der Waals surface area (Å²) >= 11 is 5.61. The standard InChI is InChI=1S/C14H18ClNO2/c1-12(10-13-6-4-3-5-7-13)16(8-9-18-2)14(17)11-15/h3-7,10H,8-9,11H2,1-2H3/b12-10+. The number of carbonyl (C=O) groups is 1. The van der Waals surface area contributed by atoms with E-state index in [2.05, 4.69) is 0 Å². The third kappa shape index (κ3) is 4.51. The summed E-state index contributed by atoms with van der Waals surface area (Å²) in [7, 11) is 1.61. The molecule has 0 N–H and O–H groups in total. The first-order valence-electron chi connectivity index (χ1n) is 5.77. The van der Waals surface area contributed by atoms with Gasteiger partial charge in [-0.3, -0.25) is 4.79 Å². The van der Waals surface area contributed by atoms with Gasteiger partial charge < -0.3 is 9.64 Å². The molecule has 1 aromatic carbocycles. The van der Waals surface area contributed by atoms with Gasteiger partial charge in [-0.1, -0.05) is 30.3 Å². The quantitative estimate of drug-likeness (QED) is 0.742. The van der Waals surface area contributed by atoms with Crippen LogP contribution < -0.4 is 0 Å². The maximum atomic E-state index is 11.7. The van der Waals surface area contributed by atoms with Crippen molar-refractivity contribution in [3.63, 3.8) is 0 Å². The largest absolute Gasteiger partial charge is 0.383 e. The molecular weight excluding hydrogens is 250 g/mol. The highest BCUT2D eigenvalue weighted by atomic mass is 35.5. The summed E-state index contributed by atoms with van der Waals surface area (Å²) in [5.41, 5.74) is 1.92. The van der Waals surface area contributed by atoms with Crippen LogP contribution in [0.1, 0.15) is 12.5 Å². The van der Waals surface area contributed by atoms with E-state index in [0.29, 0.717) is 13.2 Å². The molecule has 0 bridgehead atoms. The van der Waals surface area contributed by atoms with Crippen LogP contribution in [0.3, 0.4) is 0 Å². The molecule has 0 aromatic heterocycles. The minimum absolute atomic E-state index is 0.0241. The fourth-order valence-corrected chi connectivity index (χ4v) is 1.77. The summed E-state index contributed by atoms with van der Waals surface area (Å²) < 4.78 is 5.00. The van der Waals surface area contributed by atoms with Gasteiger partial charge in [0.05, 0.1) is 6.61 Å². The number of amides is 1. The van der Waals surface area contributed by atoms with E-state index in [-0.39, 0.29) is 11.8 Å². The summed E-state index contributed by atoms with van der Waals surface area (Å²) in [6, 6.07) is 9.86. The number of hydrogen-bond acceptors (Lipinski definition) is 2. The number of nitrogens with zero attached hydrogens (tertiary/aromatic N) is 1. The predicted molar refractivity (Wildman–Crippen MR) is 74.4 cm³/mol. The molecule has 98 valence electrons. The molecule has 0 aliphatic rings.